The SMILES string of the molecule is CN1C(=O)C=C[C@@]2(C)C1CC[C@@H]1[C@H]2CC[C@]2(C)C(C(=O)NCc3ccccn3)CC[C@@H]12. The number of nitrogens with zero attached hydrogens (tertiary/aromatic N) is 2. The predicted molar refractivity (Wildman–Crippen MR) is 120 cm³/mol. The summed E-state index contributed by atoms with van der Waals surface area (Å²) in [5.41, 5.74) is 1.05. The Labute approximate surface area is 185 Å². The highest BCUT2D eigenvalue weighted by Gasteiger charge is 2.61. The lowest BCUT2D eigenvalue weighted by Gasteiger charge is -2.60. The second-order valence-corrected chi connectivity index (χ2v) is 10.8. The van der Waals surface area contributed by atoms with Crippen LogP contribution in [-0.4, -0.2) is 34.8 Å². The molecule has 3 saturated carbocycles. The third-order valence-electron chi connectivity index (χ3n) is 9.61. The molecule has 1 aromatic rings. The number of carbonyl (C=O) groups is 2. The number of hydrogen-bond acceptors (Lipinski definition) is 3. The molecule has 2 amide bonds. The topological polar surface area (TPSA) is 62.3 Å². The highest BCUT2D eigenvalue weighted by molar-refractivity contribution is 5.89. The van der Waals surface area contributed by atoms with E-state index in [1.807, 2.05) is 30.1 Å². The number of carbonyl (C=O) groups excluding carboxylic acids is 2. The fraction of sp³-hybridized carbons (Fsp3) is 0.654. The van der Waals surface area contributed by atoms with Crippen LogP contribution in [0.1, 0.15) is 58.1 Å². The first-order valence-corrected chi connectivity index (χ1v) is 12.0. The predicted octanol–water partition coefficient (Wildman–Crippen LogP) is 3.95. The van der Waals surface area contributed by atoms with Crippen molar-refractivity contribution in [2.75, 3.05) is 7.05 Å². The van der Waals surface area contributed by atoms with Gasteiger partial charge in [0, 0.05) is 30.6 Å². The van der Waals surface area contributed by atoms with Crippen molar-refractivity contribution in [3.05, 3.63) is 42.2 Å². The van der Waals surface area contributed by atoms with E-state index in [-0.39, 0.29) is 28.6 Å². The van der Waals surface area contributed by atoms with E-state index in [0.717, 1.165) is 37.8 Å². The summed E-state index contributed by atoms with van der Waals surface area (Å²) in [5.74, 6) is 2.31. The van der Waals surface area contributed by atoms with Crippen LogP contribution < -0.4 is 5.32 Å². The number of amides is 2. The summed E-state index contributed by atoms with van der Waals surface area (Å²) in [6.45, 7) is 5.27. The van der Waals surface area contributed by atoms with Gasteiger partial charge in [0.05, 0.1) is 12.2 Å². The number of nitrogens with one attached hydrogen (secondary N) is 1. The van der Waals surface area contributed by atoms with Crippen LogP contribution in [0.2, 0.25) is 0 Å². The number of aromatic nitrogens is 1. The largest absolute Gasteiger partial charge is 0.350 e. The van der Waals surface area contributed by atoms with Gasteiger partial charge in [-0.3, -0.25) is 14.6 Å². The second kappa shape index (κ2) is 7.46. The molecule has 31 heavy (non-hydrogen) atoms. The molecular formula is C26H35N3O2. The standard InChI is InChI=1S/C26H35N3O2/c1-25-13-11-20-18(7-10-22-26(20,2)14-12-23(30)29(22)3)19(25)8-9-21(25)24(31)28-16-17-6-4-5-15-27-17/h4-6,12,14-15,18-22H,7-11,13,16H2,1-3H3,(H,28,31)/t18-,19-,20+,21?,22?,25-,26+/m0/s1. The average molecular weight is 422 g/mol. The van der Waals surface area contributed by atoms with E-state index in [0.29, 0.717) is 30.3 Å². The Hall–Kier alpha value is -2.17. The summed E-state index contributed by atoms with van der Waals surface area (Å²) in [6.07, 6.45) is 12.5. The quantitative estimate of drug-likeness (QED) is 0.804. The van der Waals surface area contributed by atoms with Crippen molar-refractivity contribution in [1.29, 1.82) is 0 Å². The fourth-order valence-corrected chi connectivity index (χ4v) is 7.97. The van der Waals surface area contributed by atoms with Gasteiger partial charge in [0.25, 0.3) is 0 Å². The van der Waals surface area contributed by atoms with Crippen molar-refractivity contribution in [2.24, 2.45) is 34.5 Å². The summed E-state index contributed by atoms with van der Waals surface area (Å²) in [5, 5.41) is 3.18. The van der Waals surface area contributed by atoms with Crippen LogP contribution in [0.15, 0.2) is 36.5 Å². The zero-order valence-electron chi connectivity index (χ0n) is 19.0. The Morgan fingerprint density at radius 3 is 2.77 bits per heavy atom. The molecule has 2 unspecified atom stereocenters. The number of likely N-dealkylation sites (N-methyl/N-ethyl adjacent to an activating group) is 1. The van der Waals surface area contributed by atoms with Crippen LogP contribution in [-0.2, 0) is 16.1 Å². The lowest BCUT2D eigenvalue weighted by Crippen LogP contribution is -2.59. The zero-order valence-corrected chi connectivity index (χ0v) is 19.0. The van der Waals surface area contributed by atoms with E-state index in [1.165, 1.54) is 6.42 Å². The monoisotopic (exact) mass is 421 g/mol. The molecule has 0 saturated heterocycles. The minimum Gasteiger partial charge on any atom is -0.350 e. The Bertz CT molecular complexity index is 899. The number of hydrogen-bond donors (Lipinski definition) is 1. The van der Waals surface area contributed by atoms with Crippen molar-refractivity contribution in [3.63, 3.8) is 0 Å². The maximum Gasteiger partial charge on any atom is 0.246 e. The van der Waals surface area contributed by atoms with E-state index in [4.69, 9.17) is 0 Å². The van der Waals surface area contributed by atoms with Crippen LogP contribution >= 0.6 is 0 Å². The minimum absolute atomic E-state index is 0.0617. The molecule has 3 aliphatic carbocycles. The lowest BCUT2D eigenvalue weighted by atomic mass is 9.47. The number of pyridine rings is 1. The highest BCUT2D eigenvalue weighted by Crippen LogP contribution is 2.65. The van der Waals surface area contributed by atoms with Gasteiger partial charge < -0.3 is 10.2 Å². The van der Waals surface area contributed by atoms with E-state index in [9.17, 15) is 9.59 Å². The summed E-state index contributed by atoms with van der Waals surface area (Å²) < 4.78 is 0. The molecule has 0 bridgehead atoms. The Balaban J connectivity index is 1.33. The van der Waals surface area contributed by atoms with Gasteiger partial charge in [-0.25, -0.2) is 0 Å². The van der Waals surface area contributed by atoms with Crippen LogP contribution in [0.3, 0.4) is 0 Å². The molecule has 5 heteroatoms. The maximum absolute atomic E-state index is 13.2. The summed E-state index contributed by atoms with van der Waals surface area (Å²) in [6, 6.07) is 6.14. The van der Waals surface area contributed by atoms with Gasteiger partial charge in [-0.1, -0.05) is 26.0 Å². The molecule has 3 fully saturated rings. The minimum atomic E-state index is 0.0617. The van der Waals surface area contributed by atoms with Crippen molar-refractivity contribution >= 4 is 11.8 Å². The molecule has 4 aliphatic rings. The third kappa shape index (κ3) is 3.15. The van der Waals surface area contributed by atoms with Gasteiger partial charge in [0.15, 0.2) is 0 Å². The van der Waals surface area contributed by atoms with Crippen molar-refractivity contribution < 1.29 is 9.59 Å². The number of fused-ring (bicyclic) bond motifs is 5. The lowest BCUT2D eigenvalue weighted by molar-refractivity contribution is -0.142. The molecule has 166 valence electrons. The van der Waals surface area contributed by atoms with Gasteiger partial charge in [-0.05, 0) is 79.9 Å². The van der Waals surface area contributed by atoms with Gasteiger partial charge in [-0.15, -0.1) is 0 Å². The molecule has 1 N–H and O–H groups in total. The first-order chi connectivity index (χ1) is 14.8. The zero-order chi connectivity index (χ0) is 21.8. The first kappa shape index (κ1) is 20.7. The highest BCUT2D eigenvalue weighted by atomic mass is 16.2. The van der Waals surface area contributed by atoms with Gasteiger partial charge >= 0.3 is 0 Å². The summed E-state index contributed by atoms with van der Waals surface area (Å²) in [4.78, 5) is 31.8. The van der Waals surface area contributed by atoms with Gasteiger partial charge in [0.1, 0.15) is 0 Å². The Morgan fingerprint density at radius 2 is 2.00 bits per heavy atom. The fourth-order valence-electron chi connectivity index (χ4n) is 7.97. The molecule has 1 aromatic heterocycles. The van der Waals surface area contributed by atoms with Crippen molar-refractivity contribution in [3.8, 4) is 0 Å². The molecule has 7 atom stereocenters. The van der Waals surface area contributed by atoms with E-state index in [1.54, 1.807) is 12.3 Å². The molecule has 5 nitrogen and oxygen atoms in total. The first-order valence-electron chi connectivity index (χ1n) is 12.0. The van der Waals surface area contributed by atoms with E-state index >= 15 is 0 Å². The van der Waals surface area contributed by atoms with E-state index < -0.39 is 0 Å². The maximum atomic E-state index is 13.2. The van der Waals surface area contributed by atoms with Crippen LogP contribution in [0.5, 0.6) is 0 Å². The Morgan fingerprint density at radius 1 is 1.16 bits per heavy atom. The average Bonchev–Trinajstić information content (AvgIpc) is 3.13. The molecule has 1 aliphatic heterocycles. The molecule has 0 spiro atoms. The summed E-state index contributed by atoms with van der Waals surface area (Å²) in [7, 11) is 1.97. The smallest absolute Gasteiger partial charge is 0.246 e. The van der Waals surface area contributed by atoms with E-state index in [2.05, 4.69) is 30.2 Å². The molecule has 2 heterocycles. The van der Waals surface area contributed by atoms with Gasteiger partial charge in [-0.2, -0.15) is 0 Å². The van der Waals surface area contributed by atoms with Crippen LogP contribution in [0, 0.1) is 34.5 Å². The second-order valence-electron chi connectivity index (χ2n) is 10.8. The molecule has 0 aromatic carbocycles. The third-order valence-corrected chi connectivity index (χ3v) is 9.61. The summed E-state index contributed by atoms with van der Waals surface area (Å²) >= 11 is 0. The Kier molecular flexibility index (Phi) is 4.98. The molecular weight excluding hydrogens is 386 g/mol. The van der Waals surface area contributed by atoms with Gasteiger partial charge in [0.2, 0.25) is 11.8 Å². The van der Waals surface area contributed by atoms with Crippen molar-refractivity contribution in [2.45, 2.75) is 65.0 Å². The van der Waals surface area contributed by atoms with Crippen molar-refractivity contribution in [1.82, 2.24) is 15.2 Å². The van der Waals surface area contributed by atoms with Crippen LogP contribution in [0.25, 0.3) is 0 Å². The number of rotatable bonds is 3. The molecule has 5 rings (SSSR count). The molecule has 0 radical (unpaired) electrons. The van der Waals surface area contributed by atoms with Crippen LogP contribution in [0.4, 0.5) is 0 Å². The normalized spacial score (nSPS) is 41.3.